The number of imidazole rings is 1. The average molecular weight is 542 g/mol. The highest BCUT2D eigenvalue weighted by Gasteiger charge is 2.45. The number of amides is 2. The minimum atomic E-state index is -1.17. The molecule has 1 unspecified atom stereocenters. The fraction of sp³-hybridized carbons (Fsp3) is 0.545. The number of nitrogens with zero attached hydrogens (tertiary/aromatic N) is 4. The van der Waals surface area contributed by atoms with Crippen LogP contribution in [0.2, 0.25) is 0 Å². The lowest BCUT2D eigenvalue weighted by atomic mass is 9.70. The zero-order valence-electron chi connectivity index (χ0n) is 24.2. The third-order valence-corrected chi connectivity index (χ3v) is 10.4. The highest BCUT2D eigenvalue weighted by atomic mass is 16.2. The van der Waals surface area contributed by atoms with Crippen molar-refractivity contribution >= 4 is 22.8 Å². The number of hydrogen-bond acceptors (Lipinski definition) is 4. The molecular weight excluding hydrogens is 498 g/mol. The summed E-state index contributed by atoms with van der Waals surface area (Å²) in [5, 5.41) is 0. The molecule has 0 saturated carbocycles. The van der Waals surface area contributed by atoms with Crippen molar-refractivity contribution < 1.29 is 9.59 Å². The Morgan fingerprint density at radius 3 is 2.23 bits per heavy atom. The monoisotopic (exact) mass is 541 g/mol. The van der Waals surface area contributed by atoms with Gasteiger partial charge in [-0.2, -0.15) is 0 Å². The molecule has 7 nitrogen and oxygen atoms in total. The maximum atomic E-state index is 13.2. The summed E-state index contributed by atoms with van der Waals surface area (Å²) in [5.41, 5.74) is 8.16. The smallest absolute Gasteiger partial charge is 0.237 e. The van der Waals surface area contributed by atoms with Gasteiger partial charge in [0.25, 0.3) is 0 Å². The topological polar surface area (TPSA) is 84.5 Å². The number of nitrogens with two attached hydrogens (primary N) is 1. The summed E-state index contributed by atoms with van der Waals surface area (Å²) >= 11 is 0. The fourth-order valence-electron chi connectivity index (χ4n) is 7.90. The van der Waals surface area contributed by atoms with Gasteiger partial charge >= 0.3 is 0 Å². The molecule has 3 saturated heterocycles. The van der Waals surface area contributed by atoms with Crippen LogP contribution < -0.4 is 5.73 Å². The molecule has 40 heavy (non-hydrogen) atoms. The molecule has 2 amide bonds. The van der Waals surface area contributed by atoms with E-state index in [1.807, 2.05) is 4.90 Å². The summed E-state index contributed by atoms with van der Waals surface area (Å²) in [7, 11) is 0. The SMILES string of the molecule is Cc1nc2ccccc2n1C1C[C@H]2CC[C@@H](C1)N2CCC1(c2ccccc2)CCN(C(=O)C(C)(C)C(N)=O)CC1. The van der Waals surface area contributed by atoms with Crippen LogP contribution in [-0.2, 0) is 15.0 Å². The van der Waals surface area contributed by atoms with E-state index < -0.39 is 11.3 Å². The van der Waals surface area contributed by atoms with E-state index in [0.29, 0.717) is 31.2 Å². The van der Waals surface area contributed by atoms with Crippen LogP contribution in [0.4, 0.5) is 0 Å². The Morgan fingerprint density at radius 2 is 1.57 bits per heavy atom. The lowest BCUT2D eigenvalue weighted by molar-refractivity contribution is -0.148. The van der Waals surface area contributed by atoms with Crippen LogP contribution in [0.15, 0.2) is 54.6 Å². The quantitative estimate of drug-likeness (QED) is 0.428. The van der Waals surface area contributed by atoms with Crippen molar-refractivity contribution in [2.24, 2.45) is 11.1 Å². The third-order valence-electron chi connectivity index (χ3n) is 10.4. The molecule has 3 aromatic rings. The molecule has 1 aromatic heterocycles. The van der Waals surface area contributed by atoms with Gasteiger partial charge < -0.3 is 15.2 Å². The molecule has 0 radical (unpaired) electrons. The second kappa shape index (κ2) is 10.3. The number of rotatable bonds is 7. The summed E-state index contributed by atoms with van der Waals surface area (Å²) in [6, 6.07) is 21.1. The van der Waals surface area contributed by atoms with Gasteiger partial charge in [0.05, 0.1) is 11.0 Å². The predicted octanol–water partition coefficient (Wildman–Crippen LogP) is 4.97. The first-order valence-corrected chi connectivity index (χ1v) is 15.0. The lowest BCUT2D eigenvalue weighted by Gasteiger charge is -2.46. The molecule has 0 aliphatic carbocycles. The molecule has 3 aliphatic rings. The number of benzene rings is 2. The van der Waals surface area contributed by atoms with Crippen LogP contribution in [0.1, 0.15) is 76.2 Å². The number of primary amides is 1. The number of likely N-dealkylation sites (tertiary alicyclic amines) is 1. The number of para-hydroxylation sites is 2. The van der Waals surface area contributed by atoms with Gasteiger partial charge in [-0.1, -0.05) is 42.5 Å². The van der Waals surface area contributed by atoms with Crippen molar-refractivity contribution in [3.8, 4) is 0 Å². The van der Waals surface area contributed by atoms with Gasteiger partial charge in [-0.3, -0.25) is 14.5 Å². The molecule has 3 atom stereocenters. The van der Waals surface area contributed by atoms with Crippen LogP contribution in [0, 0.1) is 12.3 Å². The minimum Gasteiger partial charge on any atom is -0.369 e. The van der Waals surface area contributed by atoms with Crippen LogP contribution in [-0.4, -0.2) is 62.9 Å². The fourth-order valence-corrected chi connectivity index (χ4v) is 7.90. The van der Waals surface area contributed by atoms with E-state index in [4.69, 9.17) is 10.7 Å². The second-order valence-electron chi connectivity index (χ2n) is 12.9. The zero-order valence-corrected chi connectivity index (χ0v) is 24.2. The van der Waals surface area contributed by atoms with E-state index in [2.05, 4.69) is 71.0 Å². The standard InChI is InChI=1S/C33H43N5O2/c1-23-35-28-11-7-8-12-29(28)38(23)27-21-25-13-14-26(22-27)37(25)20-17-33(24-9-5-4-6-10-24)15-18-36(19-16-33)31(40)32(2,3)30(34)39/h4-12,25-27H,13-22H2,1-3H3,(H2,34,39)/t25-,26+,27?. The number of carbonyl (C=O) groups is 2. The maximum Gasteiger partial charge on any atom is 0.237 e. The number of hydrogen-bond donors (Lipinski definition) is 1. The van der Waals surface area contributed by atoms with Gasteiger partial charge in [-0.25, -0.2) is 4.98 Å². The van der Waals surface area contributed by atoms with E-state index in [1.165, 1.54) is 36.8 Å². The Hall–Kier alpha value is -3.19. The van der Waals surface area contributed by atoms with Crippen LogP contribution in [0.5, 0.6) is 0 Å². The summed E-state index contributed by atoms with van der Waals surface area (Å²) in [4.78, 5) is 34.6. The first-order valence-electron chi connectivity index (χ1n) is 15.0. The molecule has 3 aliphatic heterocycles. The highest BCUT2D eigenvalue weighted by molar-refractivity contribution is 6.03. The summed E-state index contributed by atoms with van der Waals surface area (Å²) in [6.07, 6.45) is 7.81. The van der Waals surface area contributed by atoms with Gasteiger partial charge in [0.2, 0.25) is 11.8 Å². The van der Waals surface area contributed by atoms with Crippen molar-refractivity contribution in [2.75, 3.05) is 19.6 Å². The van der Waals surface area contributed by atoms with Crippen molar-refractivity contribution in [1.82, 2.24) is 19.4 Å². The number of aromatic nitrogens is 2. The van der Waals surface area contributed by atoms with Crippen molar-refractivity contribution in [2.45, 2.75) is 89.3 Å². The number of piperidine rings is 2. The lowest BCUT2D eigenvalue weighted by Crippen LogP contribution is -2.53. The van der Waals surface area contributed by atoms with E-state index in [-0.39, 0.29) is 11.3 Å². The molecule has 2 N–H and O–H groups in total. The van der Waals surface area contributed by atoms with Crippen molar-refractivity contribution in [3.05, 3.63) is 66.0 Å². The van der Waals surface area contributed by atoms with Crippen molar-refractivity contribution in [3.63, 3.8) is 0 Å². The Labute approximate surface area is 237 Å². The zero-order chi connectivity index (χ0) is 28.1. The Bertz CT molecular complexity index is 1370. The molecule has 7 heteroatoms. The molecule has 2 bridgehead atoms. The summed E-state index contributed by atoms with van der Waals surface area (Å²) in [5.74, 6) is 0.419. The van der Waals surface area contributed by atoms with Gasteiger partial charge in [-0.05, 0) is 95.4 Å². The molecule has 212 valence electrons. The minimum absolute atomic E-state index is 0.0301. The summed E-state index contributed by atoms with van der Waals surface area (Å²) < 4.78 is 2.50. The van der Waals surface area contributed by atoms with E-state index >= 15 is 0 Å². The normalized spacial score (nSPS) is 24.9. The molecule has 6 rings (SSSR count). The van der Waals surface area contributed by atoms with Crippen LogP contribution in [0.3, 0.4) is 0 Å². The number of fused-ring (bicyclic) bond motifs is 3. The Kier molecular flexibility index (Phi) is 6.97. The molecule has 3 fully saturated rings. The third kappa shape index (κ3) is 4.62. The first-order chi connectivity index (χ1) is 19.2. The largest absolute Gasteiger partial charge is 0.369 e. The van der Waals surface area contributed by atoms with Gasteiger partial charge in [-0.15, -0.1) is 0 Å². The number of carbonyl (C=O) groups excluding carboxylic acids is 2. The van der Waals surface area contributed by atoms with Gasteiger partial charge in [0.1, 0.15) is 11.2 Å². The molecule has 2 aromatic carbocycles. The Morgan fingerprint density at radius 1 is 0.950 bits per heavy atom. The van der Waals surface area contributed by atoms with E-state index in [0.717, 1.165) is 37.1 Å². The van der Waals surface area contributed by atoms with Crippen molar-refractivity contribution in [1.29, 1.82) is 0 Å². The predicted molar refractivity (Wildman–Crippen MR) is 158 cm³/mol. The first kappa shape index (κ1) is 27.0. The van der Waals surface area contributed by atoms with Gasteiger partial charge in [0, 0.05) is 31.2 Å². The number of aryl methyl sites for hydroxylation is 1. The molecular formula is C33H43N5O2. The Balaban J connectivity index is 1.17. The summed E-state index contributed by atoms with van der Waals surface area (Å²) in [6.45, 7) is 7.84. The van der Waals surface area contributed by atoms with E-state index in [9.17, 15) is 9.59 Å². The second-order valence-corrected chi connectivity index (χ2v) is 12.9. The van der Waals surface area contributed by atoms with Crippen LogP contribution >= 0.6 is 0 Å². The van der Waals surface area contributed by atoms with Crippen LogP contribution in [0.25, 0.3) is 11.0 Å². The molecule has 4 heterocycles. The molecule has 0 spiro atoms. The van der Waals surface area contributed by atoms with E-state index in [1.54, 1.807) is 13.8 Å². The maximum absolute atomic E-state index is 13.2. The van der Waals surface area contributed by atoms with Gasteiger partial charge in [0.15, 0.2) is 0 Å². The highest BCUT2D eigenvalue weighted by Crippen LogP contribution is 2.45. The average Bonchev–Trinajstić information content (AvgIpc) is 3.42.